The Morgan fingerprint density at radius 3 is 2.63 bits per heavy atom. The first kappa shape index (κ1) is 21.7. The quantitative estimate of drug-likeness (QED) is 0.478. The van der Waals surface area contributed by atoms with Crippen LogP contribution >= 0.6 is 0 Å². The molecule has 0 unspecified atom stereocenters. The van der Waals surface area contributed by atoms with E-state index in [1.165, 1.54) is 18.4 Å². The van der Waals surface area contributed by atoms with E-state index in [1.807, 2.05) is 31.3 Å². The van der Waals surface area contributed by atoms with Crippen LogP contribution in [-0.4, -0.2) is 57.3 Å². The second kappa shape index (κ2) is 10.7. The van der Waals surface area contributed by atoms with Crippen molar-refractivity contribution >= 4 is 5.96 Å². The first-order valence-electron chi connectivity index (χ1n) is 10.3. The minimum Gasteiger partial charge on any atom is -0.493 e. The number of nitrogens with one attached hydrogen (secondary N) is 1. The number of benzene rings is 1. The lowest BCUT2D eigenvalue weighted by atomic mass is 10.1. The monoisotopic (exact) mass is 412 g/mol. The van der Waals surface area contributed by atoms with Crippen molar-refractivity contribution in [3.8, 4) is 17.4 Å². The topological polar surface area (TPSA) is 68.2 Å². The van der Waals surface area contributed by atoms with Gasteiger partial charge in [-0.05, 0) is 54.5 Å². The van der Waals surface area contributed by atoms with Crippen molar-refractivity contribution in [1.29, 1.82) is 0 Å². The first-order chi connectivity index (χ1) is 14.6. The summed E-state index contributed by atoms with van der Waals surface area (Å²) in [5.74, 6) is 3.74. The van der Waals surface area contributed by atoms with Crippen LogP contribution in [0.4, 0.5) is 0 Å². The van der Waals surface area contributed by atoms with Gasteiger partial charge in [-0.1, -0.05) is 6.07 Å². The smallest absolute Gasteiger partial charge is 0.213 e. The molecule has 30 heavy (non-hydrogen) atoms. The second-order valence-corrected chi connectivity index (χ2v) is 7.52. The molecule has 0 atom stereocenters. The number of hydrogen-bond acceptors (Lipinski definition) is 5. The summed E-state index contributed by atoms with van der Waals surface area (Å²) in [5, 5.41) is 3.41. The number of pyridine rings is 1. The van der Waals surface area contributed by atoms with Gasteiger partial charge in [0, 0.05) is 39.4 Å². The van der Waals surface area contributed by atoms with E-state index in [9.17, 15) is 0 Å². The van der Waals surface area contributed by atoms with Crippen LogP contribution in [0.5, 0.6) is 17.4 Å². The van der Waals surface area contributed by atoms with Crippen LogP contribution in [0.25, 0.3) is 0 Å². The molecule has 1 saturated carbocycles. The Hall–Kier alpha value is -2.96. The van der Waals surface area contributed by atoms with E-state index in [1.54, 1.807) is 27.5 Å². The molecule has 0 saturated heterocycles. The van der Waals surface area contributed by atoms with Crippen molar-refractivity contribution in [3.63, 3.8) is 0 Å². The summed E-state index contributed by atoms with van der Waals surface area (Å²) in [6.07, 6.45) is 5.20. The fourth-order valence-electron chi connectivity index (χ4n) is 3.13. The third kappa shape index (κ3) is 6.27. The van der Waals surface area contributed by atoms with Gasteiger partial charge >= 0.3 is 0 Å². The van der Waals surface area contributed by atoms with Crippen molar-refractivity contribution < 1.29 is 14.2 Å². The highest BCUT2D eigenvalue weighted by molar-refractivity contribution is 5.79. The number of guanidine groups is 1. The van der Waals surface area contributed by atoms with Crippen molar-refractivity contribution in [1.82, 2.24) is 15.2 Å². The number of ether oxygens (including phenoxy) is 3. The van der Waals surface area contributed by atoms with Crippen LogP contribution in [0.15, 0.2) is 41.5 Å². The number of aliphatic imine (C=N–C) groups is 1. The third-order valence-electron chi connectivity index (χ3n) is 5.17. The lowest BCUT2D eigenvalue weighted by Gasteiger charge is -2.22. The van der Waals surface area contributed by atoms with E-state index >= 15 is 0 Å². The highest BCUT2D eigenvalue weighted by Gasteiger charge is 2.22. The van der Waals surface area contributed by atoms with E-state index < -0.39 is 0 Å². The maximum Gasteiger partial charge on any atom is 0.213 e. The molecule has 1 aliphatic rings. The number of likely N-dealkylation sites (N-methyl/N-ethyl adjacent to an activating group) is 1. The molecule has 1 aromatic carbocycles. The van der Waals surface area contributed by atoms with Gasteiger partial charge < -0.3 is 24.4 Å². The minimum absolute atomic E-state index is 0.662. The average Bonchev–Trinajstić information content (AvgIpc) is 3.61. The molecule has 1 fully saturated rings. The minimum atomic E-state index is 0.662. The Kier molecular flexibility index (Phi) is 7.76. The third-order valence-corrected chi connectivity index (χ3v) is 5.17. The maximum absolute atomic E-state index is 5.78. The van der Waals surface area contributed by atoms with Gasteiger partial charge in [-0.2, -0.15) is 0 Å². The molecular weight excluding hydrogens is 380 g/mol. The Morgan fingerprint density at radius 2 is 1.93 bits per heavy atom. The fourth-order valence-corrected chi connectivity index (χ4v) is 3.13. The highest BCUT2D eigenvalue weighted by Crippen LogP contribution is 2.29. The number of hydrogen-bond donors (Lipinski definition) is 1. The van der Waals surface area contributed by atoms with Crippen LogP contribution in [0.3, 0.4) is 0 Å². The summed E-state index contributed by atoms with van der Waals surface area (Å²) in [6, 6.07) is 10.0. The Balaban J connectivity index is 1.50. The van der Waals surface area contributed by atoms with Gasteiger partial charge in [0.2, 0.25) is 5.88 Å². The van der Waals surface area contributed by atoms with Crippen LogP contribution in [-0.2, 0) is 13.0 Å². The molecule has 162 valence electrons. The number of aromatic nitrogens is 1. The number of rotatable bonds is 10. The standard InChI is InChI=1S/C23H32N4O3/c1-24-23(26-15-19-9-11-25-22(14-19)30-16-18-5-6-18)27(2)12-10-17-7-8-20(28-3)21(13-17)29-4/h7-9,11,13-14,18H,5-6,10,12,15-16H2,1-4H3,(H,24,26). The van der Waals surface area contributed by atoms with E-state index in [4.69, 9.17) is 14.2 Å². The molecule has 0 bridgehead atoms. The lowest BCUT2D eigenvalue weighted by molar-refractivity contribution is 0.288. The van der Waals surface area contributed by atoms with Crippen molar-refractivity contribution in [2.45, 2.75) is 25.8 Å². The molecule has 1 aromatic heterocycles. The molecule has 0 radical (unpaired) electrons. The van der Waals surface area contributed by atoms with Gasteiger partial charge in [0.05, 0.1) is 20.8 Å². The van der Waals surface area contributed by atoms with E-state index in [-0.39, 0.29) is 0 Å². The second-order valence-electron chi connectivity index (χ2n) is 7.52. The number of methoxy groups -OCH3 is 2. The van der Waals surface area contributed by atoms with E-state index in [0.717, 1.165) is 42.6 Å². The summed E-state index contributed by atoms with van der Waals surface area (Å²) in [7, 11) is 7.13. The van der Waals surface area contributed by atoms with Gasteiger partial charge in [0.15, 0.2) is 17.5 Å². The molecule has 7 heteroatoms. The molecular formula is C23H32N4O3. The maximum atomic E-state index is 5.78. The van der Waals surface area contributed by atoms with Crippen LogP contribution < -0.4 is 19.5 Å². The Labute approximate surface area is 179 Å². The molecule has 1 aliphatic carbocycles. The van der Waals surface area contributed by atoms with Crippen LogP contribution in [0.2, 0.25) is 0 Å². The van der Waals surface area contributed by atoms with Gasteiger partial charge in [-0.3, -0.25) is 4.99 Å². The van der Waals surface area contributed by atoms with Gasteiger partial charge in [0.1, 0.15) is 0 Å². The molecule has 7 nitrogen and oxygen atoms in total. The SMILES string of the molecule is CN=C(NCc1ccnc(OCC2CC2)c1)N(C)CCc1ccc(OC)c(OC)c1. The summed E-state index contributed by atoms with van der Waals surface area (Å²) in [4.78, 5) is 10.8. The van der Waals surface area contributed by atoms with Crippen LogP contribution in [0.1, 0.15) is 24.0 Å². The summed E-state index contributed by atoms with van der Waals surface area (Å²) >= 11 is 0. The lowest BCUT2D eigenvalue weighted by Crippen LogP contribution is -2.39. The summed E-state index contributed by atoms with van der Waals surface area (Å²) < 4.78 is 16.5. The van der Waals surface area contributed by atoms with Gasteiger partial charge in [-0.25, -0.2) is 4.98 Å². The molecule has 1 N–H and O–H groups in total. The predicted octanol–water partition coefficient (Wildman–Crippen LogP) is 3.14. The summed E-state index contributed by atoms with van der Waals surface area (Å²) in [6.45, 7) is 2.25. The van der Waals surface area contributed by atoms with Crippen molar-refractivity contribution in [2.75, 3.05) is 41.5 Å². The van der Waals surface area contributed by atoms with Crippen LogP contribution in [0, 0.1) is 5.92 Å². The Bertz CT molecular complexity index is 852. The van der Waals surface area contributed by atoms with E-state index in [2.05, 4.69) is 26.3 Å². The number of nitrogens with zero attached hydrogens (tertiary/aromatic N) is 3. The zero-order valence-electron chi connectivity index (χ0n) is 18.4. The Morgan fingerprint density at radius 1 is 1.13 bits per heavy atom. The zero-order valence-corrected chi connectivity index (χ0v) is 18.4. The molecule has 0 spiro atoms. The molecule has 2 aromatic rings. The molecule has 3 rings (SSSR count). The van der Waals surface area contributed by atoms with Crippen molar-refractivity contribution in [2.24, 2.45) is 10.9 Å². The first-order valence-corrected chi connectivity index (χ1v) is 10.3. The zero-order chi connectivity index (χ0) is 21.3. The van der Waals surface area contributed by atoms with Gasteiger partial charge in [0.25, 0.3) is 0 Å². The predicted molar refractivity (Wildman–Crippen MR) is 119 cm³/mol. The summed E-state index contributed by atoms with van der Waals surface area (Å²) in [5.41, 5.74) is 2.30. The molecule has 1 heterocycles. The van der Waals surface area contributed by atoms with Gasteiger partial charge in [-0.15, -0.1) is 0 Å². The molecule has 0 amide bonds. The average molecular weight is 413 g/mol. The molecule has 0 aliphatic heterocycles. The fraction of sp³-hybridized carbons (Fsp3) is 0.478. The normalized spacial score (nSPS) is 13.7. The largest absolute Gasteiger partial charge is 0.493 e. The van der Waals surface area contributed by atoms with E-state index in [0.29, 0.717) is 18.3 Å². The highest BCUT2D eigenvalue weighted by atomic mass is 16.5. The van der Waals surface area contributed by atoms with Crippen molar-refractivity contribution in [3.05, 3.63) is 47.7 Å².